The largest absolute Gasteiger partial charge is 0.295 e. The Balaban J connectivity index is 2.99. The number of carbonyl (C=O) groups is 1. The number of benzene rings is 1. The van der Waals surface area contributed by atoms with Crippen molar-refractivity contribution in [2.24, 2.45) is 0 Å². The molecule has 0 amide bonds. The topological polar surface area (TPSA) is 60.2 Å². The second kappa shape index (κ2) is 4.13. The van der Waals surface area contributed by atoms with Gasteiger partial charge >= 0.3 is 0 Å². The second-order valence-corrected chi connectivity index (χ2v) is 3.33. The van der Waals surface area contributed by atoms with Crippen LogP contribution >= 0.6 is 15.9 Å². The van der Waals surface area contributed by atoms with E-state index in [4.69, 9.17) is 0 Å². The van der Waals surface area contributed by atoms with Crippen LogP contribution in [0.3, 0.4) is 0 Å². The van der Waals surface area contributed by atoms with Crippen molar-refractivity contribution in [3.8, 4) is 0 Å². The fraction of sp³-hybridized carbons (Fsp3) is 0.125. The Bertz CT molecular complexity index is 323. The molecule has 0 aliphatic heterocycles. The molecule has 68 valence electrons. The lowest BCUT2D eigenvalue weighted by molar-refractivity contribution is -0.511. The maximum atomic E-state index is 10.4. The van der Waals surface area contributed by atoms with Gasteiger partial charge < -0.3 is 0 Å². The van der Waals surface area contributed by atoms with E-state index in [1.54, 1.807) is 24.3 Å². The summed E-state index contributed by atoms with van der Waals surface area (Å²) in [4.78, 5) is 20.1. The smallest absolute Gasteiger partial charge is 0.292 e. The summed E-state index contributed by atoms with van der Waals surface area (Å²) in [5.41, 5.74) is 0.392. The minimum atomic E-state index is -1.26. The van der Waals surface area contributed by atoms with Crippen molar-refractivity contribution in [2.75, 3.05) is 0 Å². The van der Waals surface area contributed by atoms with Crippen molar-refractivity contribution in [3.05, 3.63) is 44.4 Å². The summed E-state index contributed by atoms with van der Waals surface area (Å²) in [6.07, 6.45) is 0.323. The third-order valence-corrected chi connectivity index (χ3v) is 2.10. The Labute approximate surface area is 82.8 Å². The quantitative estimate of drug-likeness (QED) is 0.464. The standard InChI is InChI=1S/C8H6BrNO3/c9-7-3-1-6(2-4-7)8(5-11)10(12)13/h1-5,8H. The molecule has 13 heavy (non-hydrogen) atoms. The van der Waals surface area contributed by atoms with Crippen molar-refractivity contribution in [2.45, 2.75) is 6.04 Å². The molecule has 1 aromatic carbocycles. The highest BCUT2D eigenvalue weighted by Gasteiger charge is 2.20. The van der Waals surface area contributed by atoms with Crippen molar-refractivity contribution in [1.29, 1.82) is 0 Å². The summed E-state index contributed by atoms with van der Waals surface area (Å²) < 4.78 is 0.823. The number of hydrogen-bond acceptors (Lipinski definition) is 3. The van der Waals surface area contributed by atoms with Gasteiger partial charge in [0.25, 0.3) is 6.04 Å². The molecule has 1 rings (SSSR count). The average molecular weight is 244 g/mol. The van der Waals surface area contributed by atoms with Gasteiger partial charge in [0.15, 0.2) is 6.29 Å². The van der Waals surface area contributed by atoms with Crippen molar-refractivity contribution >= 4 is 22.2 Å². The third kappa shape index (κ3) is 2.35. The maximum absolute atomic E-state index is 10.4. The minimum absolute atomic E-state index is 0.323. The molecule has 5 heteroatoms. The molecule has 0 aromatic heterocycles. The predicted molar refractivity (Wildman–Crippen MR) is 49.9 cm³/mol. The highest BCUT2D eigenvalue weighted by molar-refractivity contribution is 9.10. The minimum Gasteiger partial charge on any atom is -0.295 e. The zero-order valence-electron chi connectivity index (χ0n) is 6.51. The predicted octanol–water partition coefficient (Wildman–Crippen LogP) is 1.97. The van der Waals surface area contributed by atoms with Crippen LogP contribution in [0, 0.1) is 10.1 Å². The first kappa shape index (κ1) is 9.85. The average Bonchev–Trinajstić information content (AvgIpc) is 2.09. The molecule has 0 bridgehead atoms. The fourth-order valence-corrected chi connectivity index (χ4v) is 1.17. The van der Waals surface area contributed by atoms with Gasteiger partial charge in [0, 0.05) is 15.0 Å². The Morgan fingerprint density at radius 1 is 1.38 bits per heavy atom. The van der Waals surface area contributed by atoms with E-state index in [2.05, 4.69) is 15.9 Å². The Hall–Kier alpha value is -1.23. The number of nitrogens with zero attached hydrogens (tertiary/aromatic N) is 1. The molecule has 1 atom stereocenters. The van der Waals surface area contributed by atoms with Crippen LogP contribution in [-0.4, -0.2) is 11.2 Å². The number of halogens is 1. The van der Waals surface area contributed by atoms with E-state index < -0.39 is 11.0 Å². The molecule has 0 aliphatic carbocycles. The molecule has 0 N–H and O–H groups in total. The monoisotopic (exact) mass is 243 g/mol. The van der Waals surface area contributed by atoms with E-state index in [0.29, 0.717) is 11.8 Å². The Kier molecular flexibility index (Phi) is 3.13. The molecule has 0 heterocycles. The molecule has 0 fully saturated rings. The van der Waals surface area contributed by atoms with Crippen LogP contribution in [0.25, 0.3) is 0 Å². The molecule has 1 unspecified atom stereocenters. The van der Waals surface area contributed by atoms with E-state index >= 15 is 0 Å². The van der Waals surface area contributed by atoms with Crippen LogP contribution in [0.4, 0.5) is 0 Å². The SMILES string of the molecule is O=CC(c1ccc(Br)cc1)[N+](=O)[O-]. The van der Waals surface area contributed by atoms with Gasteiger partial charge in [0.1, 0.15) is 0 Å². The van der Waals surface area contributed by atoms with Gasteiger partial charge in [-0.25, -0.2) is 0 Å². The van der Waals surface area contributed by atoms with E-state index in [1.165, 1.54) is 0 Å². The van der Waals surface area contributed by atoms with Gasteiger partial charge in [0.2, 0.25) is 0 Å². The molecule has 1 aromatic rings. The van der Waals surface area contributed by atoms with Crippen LogP contribution in [-0.2, 0) is 4.79 Å². The zero-order valence-corrected chi connectivity index (χ0v) is 8.10. The molecule has 4 nitrogen and oxygen atoms in total. The summed E-state index contributed by atoms with van der Waals surface area (Å²) in [7, 11) is 0. The maximum Gasteiger partial charge on any atom is 0.292 e. The van der Waals surface area contributed by atoms with Gasteiger partial charge in [-0.05, 0) is 12.1 Å². The van der Waals surface area contributed by atoms with Crippen LogP contribution in [0.2, 0.25) is 0 Å². The zero-order chi connectivity index (χ0) is 9.84. The summed E-state index contributed by atoms with van der Waals surface area (Å²) >= 11 is 3.20. The van der Waals surface area contributed by atoms with Gasteiger partial charge in [0.05, 0.1) is 0 Å². The molecule has 0 spiro atoms. The number of aldehydes is 1. The lowest BCUT2D eigenvalue weighted by Gasteiger charge is -2.01. The van der Waals surface area contributed by atoms with E-state index in [9.17, 15) is 14.9 Å². The normalized spacial score (nSPS) is 12.1. The van der Waals surface area contributed by atoms with Crippen LogP contribution < -0.4 is 0 Å². The molecule has 0 saturated carbocycles. The first-order valence-corrected chi connectivity index (χ1v) is 4.28. The lowest BCUT2D eigenvalue weighted by Crippen LogP contribution is -2.11. The van der Waals surface area contributed by atoms with E-state index in [0.717, 1.165) is 4.47 Å². The summed E-state index contributed by atoms with van der Waals surface area (Å²) in [6.45, 7) is 0. The van der Waals surface area contributed by atoms with Crippen molar-refractivity contribution in [3.63, 3.8) is 0 Å². The van der Waals surface area contributed by atoms with E-state index in [-0.39, 0.29) is 0 Å². The third-order valence-electron chi connectivity index (χ3n) is 1.57. The van der Waals surface area contributed by atoms with E-state index in [1.807, 2.05) is 0 Å². The highest BCUT2D eigenvalue weighted by Crippen LogP contribution is 2.17. The number of nitro groups is 1. The van der Waals surface area contributed by atoms with Gasteiger partial charge in [-0.3, -0.25) is 14.9 Å². The lowest BCUT2D eigenvalue weighted by atomic mass is 10.1. The Morgan fingerprint density at radius 2 is 1.92 bits per heavy atom. The van der Waals surface area contributed by atoms with Crippen LogP contribution in [0.1, 0.15) is 11.6 Å². The molecule has 0 aliphatic rings. The van der Waals surface area contributed by atoms with Gasteiger partial charge in [-0.1, -0.05) is 28.1 Å². The van der Waals surface area contributed by atoms with Crippen LogP contribution in [0.5, 0.6) is 0 Å². The second-order valence-electron chi connectivity index (χ2n) is 2.42. The fourth-order valence-electron chi connectivity index (χ4n) is 0.910. The van der Waals surface area contributed by atoms with Crippen molar-refractivity contribution < 1.29 is 9.72 Å². The summed E-state index contributed by atoms with van der Waals surface area (Å²) in [5, 5.41) is 10.4. The number of carbonyl (C=O) groups excluding carboxylic acids is 1. The number of hydrogen-bond donors (Lipinski definition) is 0. The summed E-state index contributed by atoms with van der Waals surface area (Å²) in [5.74, 6) is 0. The van der Waals surface area contributed by atoms with Gasteiger partial charge in [-0.2, -0.15) is 0 Å². The van der Waals surface area contributed by atoms with Gasteiger partial charge in [-0.15, -0.1) is 0 Å². The molecule has 0 saturated heterocycles. The number of rotatable bonds is 3. The van der Waals surface area contributed by atoms with Crippen molar-refractivity contribution in [1.82, 2.24) is 0 Å². The first-order valence-electron chi connectivity index (χ1n) is 3.49. The highest BCUT2D eigenvalue weighted by atomic mass is 79.9. The van der Waals surface area contributed by atoms with Crippen LogP contribution in [0.15, 0.2) is 28.7 Å². The molecular formula is C8H6BrNO3. The molecule has 0 radical (unpaired) electrons. The summed E-state index contributed by atoms with van der Waals surface area (Å²) in [6, 6.07) is 5.16. The molecular weight excluding hydrogens is 238 g/mol. The Morgan fingerprint density at radius 3 is 2.31 bits per heavy atom. The first-order chi connectivity index (χ1) is 6.15.